The Balaban J connectivity index is 2.24. The summed E-state index contributed by atoms with van der Waals surface area (Å²) in [5.41, 5.74) is 1.04. The fourth-order valence-corrected chi connectivity index (χ4v) is 3.66. The van der Waals surface area contributed by atoms with Crippen molar-refractivity contribution < 1.29 is 4.74 Å². The van der Waals surface area contributed by atoms with E-state index in [0.717, 1.165) is 44.7 Å². The number of ether oxygens (including phenoxy) is 1. The molecule has 3 aromatic carbocycles. The highest BCUT2D eigenvalue weighted by Crippen LogP contribution is 2.35. The molecule has 0 aliphatic rings. The Kier molecular flexibility index (Phi) is 4.13. The smallest absolute Gasteiger partial charge is 0.258 e. The molecular weight excluding hydrogens is 324 g/mol. The predicted molar refractivity (Wildman–Crippen MR) is 108 cm³/mol. The second-order valence-corrected chi connectivity index (χ2v) is 6.83. The van der Waals surface area contributed by atoms with Crippen LogP contribution in [0.2, 0.25) is 0 Å². The summed E-state index contributed by atoms with van der Waals surface area (Å²) >= 11 is 0. The number of aromatic nitrogens is 1. The molecule has 0 atom stereocenters. The van der Waals surface area contributed by atoms with E-state index >= 15 is 0 Å². The quantitative estimate of drug-likeness (QED) is 0.526. The zero-order valence-electron chi connectivity index (χ0n) is 15.3. The number of benzene rings is 3. The Bertz CT molecular complexity index is 1180. The summed E-state index contributed by atoms with van der Waals surface area (Å²) in [4.78, 5) is 15.4. The van der Waals surface area contributed by atoms with E-state index < -0.39 is 0 Å². The molecule has 0 amide bonds. The Hall–Kier alpha value is -2.85. The summed E-state index contributed by atoms with van der Waals surface area (Å²) < 4.78 is 7.57. The standard InChI is InChI=1S/C22H22N2O2/c1-23(2)12-13-24-21-17-10-6-5-9-16(17)20(26-3)14-19(21)15-8-4-7-11-18(15)22(24)25/h4-11,14H,12-13H2,1-3H3. The maximum atomic E-state index is 13.3. The van der Waals surface area contributed by atoms with Crippen molar-refractivity contribution in [3.8, 4) is 5.75 Å². The van der Waals surface area contributed by atoms with Crippen LogP contribution < -0.4 is 10.3 Å². The number of likely N-dealkylation sites (N-methyl/N-ethyl adjacent to an activating group) is 1. The first-order valence-electron chi connectivity index (χ1n) is 8.77. The summed E-state index contributed by atoms with van der Waals surface area (Å²) in [6.07, 6.45) is 0. The van der Waals surface area contributed by atoms with Crippen molar-refractivity contribution >= 4 is 32.4 Å². The van der Waals surface area contributed by atoms with Crippen LogP contribution in [0.4, 0.5) is 0 Å². The van der Waals surface area contributed by atoms with Crippen LogP contribution in [0.3, 0.4) is 0 Å². The third-order valence-corrected chi connectivity index (χ3v) is 4.93. The summed E-state index contributed by atoms with van der Waals surface area (Å²) in [6.45, 7) is 1.44. The molecule has 1 heterocycles. The van der Waals surface area contributed by atoms with Gasteiger partial charge in [0.2, 0.25) is 0 Å². The molecule has 0 radical (unpaired) electrons. The van der Waals surface area contributed by atoms with Crippen LogP contribution in [0, 0.1) is 0 Å². The van der Waals surface area contributed by atoms with E-state index in [1.807, 2.05) is 61.1 Å². The molecule has 0 N–H and O–H groups in total. The molecule has 4 aromatic rings. The highest BCUT2D eigenvalue weighted by molar-refractivity contribution is 6.17. The van der Waals surface area contributed by atoms with Crippen LogP contribution in [-0.4, -0.2) is 37.2 Å². The molecular formula is C22H22N2O2. The van der Waals surface area contributed by atoms with Crippen LogP contribution in [0.5, 0.6) is 5.75 Å². The minimum absolute atomic E-state index is 0.0604. The summed E-state index contributed by atoms with van der Waals surface area (Å²) in [7, 11) is 5.74. The van der Waals surface area contributed by atoms with Crippen molar-refractivity contribution in [1.82, 2.24) is 9.47 Å². The van der Waals surface area contributed by atoms with E-state index in [-0.39, 0.29) is 5.56 Å². The minimum atomic E-state index is 0.0604. The Morgan fingerprint density at radius 1 is 0.885 bits per heavy atom. The van der Waals surface area contributed by atoms with Crippen LogP contribution in [0.15, 0.2) is 59.4 Å². The number of fused-ring (bicyclic) bond motifs is 5. The van der Waals surface area contributed by atoms with Crippen LogP contribution in [-0.2, 0) is 6.54 Å². The fourth-order valence-electron chi connectivity index (χ4n) is 3.66. The lowest BCUT2D eigenvalue weighted by Crippen LogP contribution is -2.27. The van der Waals surface area contributed by atoms with Gasteiger partial charge in [-0.15, -0.1) is 0 Å². The van der Waals surface area contributed by atoms with Gasteiger partial charge in [-0.1, -0.05) is 42.5 Å². The molecule has 0 saturated carbocycles. The highest BCUT2D eigenvalue weighted by atomic mass is 16.5. The first kappa shape index (κ1) is 16.6. The SMILES string of the molecule is COc1cc2c3ccccc3c(=O)n(CCN(C)C)c2c2ccccc12. The molecule has 26 heavy (non-hydrogen) atoms. The largest absolute Gasteiger partial charge is 0.496 e. The molecule has 0 aliphatic heterocycles. The molecule has 0 saturated heterocycles. The lowest BCUT2D eigenvalue weighted by Gasteiger charge is -2.18. The van der Waals surface area contributed by atoms with Gasteiger partial charge in [-0.25, -0.2) is 0 Å². The van der Waals surface area contributed by atoms with E-state index in [1.54, 1.807) is 7.11 Å². The number of nitrogens with zero attached hydrogens (tertiary/aromatic N) is 2. The second kappa shape index (κ2) is 6.46. The zero-order valence-corrected chi connectivity index (χ0v) is 15.3. The average Bonchev–Trinajstić information content (AvgIpc) is 2.67. The van der Waals surface area contributed by atoms with E-state index in [0.29, 0.717) is 6.54 Å². The van der Waals surface area contributed by atoms with E-state index in [9.17, 15) is 4.79 Å². The number of methoxy groups -OCH3 is 1. The second-order valence-electron chi connectivity index (χ2n) is 6.83. The molecule has 4 heteroatoms. The Morgan fingerprint density at radius 2 is 1.50 bits per heavy atom. The Morgan fingerprint density at radius 3 is 2.15 bits per heavy atom. The van der Waals surface area contributed by atoms with Crippen LogP contribution >= 0.6 is 0 Å². The zero-order chi connectivity index (χ0) is 18.3. The molecule has 4 rings (SSSR count). The molecule has 132 valence electrons. The topological polar surface area (TPSA) is 34.5 Å². The van der Waals surface area contributed by atoms with Crippen molar-refractivity contribution in [1.29, 1.82) is 0 Å². The van der Waals surface area contributed by atoms with Gasteiger partial charge in [0, 0.05) is 34.6 Å². The molecule has 0 bridgehead atoms. The normalized spacial score (nSPS) is 11.7. The first-order chi connectivity index (χ1) is 12.6. The third kappa shape index (κ3) is 2.54. The summed E-state index contributed by atoms with van der Waals surface area (Å²) in [5.74, 6) is 0.830. The van der Waals surface area contributed by atoms with Gasteiger partial charge in [-0.2, -0.15) is 0 Å². The van der Waals surface area contributed by atoms with Crippen molar-refractivity contribution in [2.24, 2.45) is 0 Å². The fraction of sp³-hybridized carbons (Fsp3) is 0.227. The van der Waals surface area contributed by atoms with E-state index in [1.165, 1.54) is 0 Å². The number of hydrogen-bond donors (Lipinski definition) is 0. The van der Waals surface area contributed by atoms with Gasteiger partial charge in [-0.05, 0) is 31.6 Å². The molecule has 0 fully saturated rings. The van der Waals surface area contributed by atoms with Gasteiger partial charge in [0.15, 0.2) is 0 Å². The van der Waals surface area contributed by atoms with Gasteiger partial charge < -0.3 is 14.2 Å². The summed E-state index contributed by atoms with van der Waals surface area (Å²) in [6, 6.07) is 18.0. The Labute approximate surface area is 152 Å². The third-order valence-electron chi connectivity index (χ3n) is 4.93. The molecule has 1 aromatic heterocycles. The van der Waals surface area contributed by atoms with Gasteiger partial charge in [-0.3, -0.25) is 4.79 Å². The number of pyridine rings is 1. The molecule has 0 aliphatic carbocycles. The lowest BCUT2D eigenvalue weighted by molar-refractivity contribution is 0.385. The summed E-state index contributed by atoms with van der Waals surface area (Å²) in [5, 5.41) is 4.84. The molecule has 0 spiro atoms. The minimum Gasteiger partial charge on any atom is -0.496 e. The maximum absolute atomic E-state index is 13.3. The van der Waals surface area contributed by atoms with E-state index in [2.05, 4.69) is 17.0 Å². The van der Waals surface area contributed by atoms with Crippen molar-refractivity contribution in [2.75, 3.05) is 27.7 Å². The van der Waals surface area contributed by atoms with Crippen LogP contribution in [0.1, 0.15) is 0 Å². The van der Waals surface area contributed by atoms with E-state index in [4.69, 9.17) is 4.74 Å². The van der Waals surface area contributed by atoms with Gasteiger partial charge >= 0.3 is 0 Å². The molecule has 0 unspecified atom stereocenters. The average molecular weight is 346 g/mol. The van der Waals surface area contributed by atoms with Crippen molar-refractivity contribution in [3.05, 3.63) is 65.0 Å². The van der Waals surface area contributed by atoms with Gasteiger partial charge in [0.25, 0.3) is 5.56 Å². The highest BCUT2D eigenvalue weighted by Gasteiger charge is 2.16. The van der Waals surface area contributed by atoms with Crippen molar-refractivity contribution in [3.63, 3.8) is 0 Å². The van der Waals surface area contributed by atoms with Crippen molar-refractivity contribution in [2.45, 2.75) is 6.54 Å². The number of rotatable bonds is 4. The number of hydrogen-bond acceptors (Lipinski definition) is 3. The maximum Gasteiger partial charge on any atom is 0.258 e. The lowest BCUT2D eigenvalue weighted by atomic mass is 10.00. The van der Waals surface area contributed by atoms with Gasteiger partial charge in [0.05, 0.1) is 12.6 Å². The first-order valence-corrected chi connectivity index (χ1v) is 8.77. The molecule has 4 nitrogen and oxygen atoms in total. The van der Waals surface area contributed by atoms with Crippen LogP contribution in [0.25, 0.3) is 32.4 Å². The van der Waals surface area contributed by atoms with Gasteiger partial charge in [0.1, 0.15) is 5.75 Å². The predicted octanol–water partition coefficient (Wildman–Crippen LogP) is 3.88. The monoisotopic (exact) mass is 346 g/mol.